The standard InChI is InChI=1S/C10H19F/c1-6-10(7(2)3)8(11)9(10,4)5/h7-8H,6H2,1-5H3. The van der Waals surface area contributed by atoms with Crippen molar-refractivity contribution in [2.45, 2.75) is 47.2 Å². The van der Waals surface area contributed by atoms with Gasteiger partial charge in [0.2, 0.25) is 0 Å². The molecule has 11 heavy (non-hydrogen) atoms. The molecule has 0 heterocycles. The van der Waals surface area contributed by atoms with E-state index in [1.807, 2.05) is 13.8 Å². The zero-order chi connectivity index (χ0) is 8.86. The third-order valence-electron chi connectivity index (χ3n) is 3.82. The van der Waals surface area contributed by atoms with Gasteiger partial charge in [0.1, 0.15) is 6.17 Å². The molecule has 0 aliphatic heterocycles. The van der Waals surface area contributed by atoms with Crippen LogP contribution in [-0.2, 0) is 0 Å². The predicted molar refractivity (Wildman–Crippen MR) is 46.2 cm³/mol. The summed E-state index contributed by atoms with van der Waals surface area (Å²) in [7, 11) is 0. The highest BCUT2D eigenvalue weighted by Crippen LogP contribution is 2.70. The van der Waals surface area contributed by atoms with Crippen LogP contribution in [0.4, 0.5) is 4.39 Å². The average molecular weight is 158 g/mol. The molecule has 0 spiro atoms. The van der Waals surface area contributed by atoms with Crippen molar-refractivity contribution in [2.75, 3.05) is 0 Å². The second-order valence-electron chi connectivity index (χ2n) is 4.63. The third-order valence-corrected chi connectivity index (χ3v) is 3.82. The van der Waals surface area contributed by atoms with Gasteiger partial charge in [-0.05, 0) is 12.3 Å². The van der Waals surface area contributed by atoms with Crippen molar-refractivity contribution in [2.24, 2.45) is 16.7 Å². The summed E-state index contributed by atoms with van der Waals surface area (Å²) in [6.07, 6.45) is 0.388. The lowest BCUT2D eigenvalue weighted by Crippen LogP contribution is -2.15. The van der Waals surface area contributed by atoms with Crippen LogP contribution in [0, 0.1) is 16.7 Å². The minimum atomic E-state index is -0.583. The van der Waals surface area contributed by atoms with E-state index in [1.54, 1.807) is 0 Å². The highest BCUT2D eigenvalue weighted by molar-refractivity contribution is 5.19. The van der Waals surface area contributed by atoms with E-state index in [2.05, 4.69) is 20.8 Å². The Morgan fingerprint density at radius 3 is 1.73 bits per heavy atom. The van der Waals surface area contributed by atoms with Crippen molar-refractivity contribution in [1.82, 2.24) is 0 Å². The lowest BCUT2D eigenvalue weighted by molar-refractivity contribution is 0.248. The normalized spacial score (nSPS) is 41.2. The molecule has 1 rings (SSSR count). The van der Waals surface area contributed by atoms with E-state index in [0.29, 0.717) is 5.92 Å². The number of hydrogen-bond acceptors (Lipinski definition) is 0. The van der Waals surface area contributed by atoms with Gasteiger partial charge < -0.3 is 0 Å². The van der Waals surface area contributed by atoms with Gasteiger partial charge in [0.25, 0.3) is 0 Å². The van der Waals surface area contributed by atoms with Crippen LogP contribution < -0.4 is 0 Å². The molecule has 1 fully saturated rings. The summed E-state index contributed by atoms with van der Waals surface area (Å²) < 4.78 is 13.5. The van der Waals surface area contributed by atoms with Crippen LogP contribution in [0.1, 0.15) is 41.0 Å². The van der Waals surface area contributed by atoms with Crippen LogP contribution in [0.3, 0.4) is 0 Å². The fourth-order valence-corrected chi connectivity index (χ4v) is 2.90. The molecule has 2 unspecified atom stereocenters. The molecule has 0 bridgehead atoms. The monoisotopic (exact) mass is 158 g/mol. The molecule has 0 amide bonds. The highest BCUT2D eigenvalue weighted by Gasteiger charge is 2.72. The summed E-state index contributed by atoms with van der Waals surface area (Å²) in [5, 5.41) is 0. The number of halogens is 1. The molecule has 0 radical (unpaired) electrons. The smallest absolute Gasteiger partial charge is 0.112 e. The van der Waals surface area contributed by atoms with Gasteiger partial charge >= 0.3 is 0 Å². The average Bonchev–Trinajstić information content (AvgIpc) is 2.30. The van der Waals surface area contributed by atoms with Gasteiger partial charge in [0, 0.05) is 10.8 Å². The molecular formula is C10H19F. The predicted octanol–water partition coefficient (Wildman–Crippen LogP) is 3.42. The first-order valence-electron chi connectivity index (χ1n) is 4.55. The maximum atomic E-state index is 13.5. The fourth-order valence-electron chi connectivity index (χ4n) is 2.90. The summed E-state index contributed by atoms with van der Waals surface area (Å²) in [4.78, 5) is 0. The summed E-state index contributed by atoms with van der Waals surface area (Å²) in [5.74, 6) is 0.470. The molecule has 1 aliphatic rings. The van der Waals surface area contributed by atoms with Gasteiger partial charge in [-0.15, -0.1) is 0 Å². The second-order valence-corrected chi connectivity index (χ2v) is 4.63. The molecule has 66 valence electrons. The summed E-state index contributed by atoms with van der Waals surface area (Å²) >= 11 is 0. The summed E-state index contributed by atoms with van der Waals surface area (Å²) in [6, 6.07) is 0. The number of alkyl halides is 1. The lowest BCUT2D eigenvalue weighted by atomic mass is 9.83. The van der Waals surface area contributed by atoms with Crippen LogP contribution in [0.15, 0.2) is 0 Å². The van der Waals surface area contributed by atoms with E-state index < -0.39 is 6.17 Å². The van der Waals surface area contributed by atoms with E-state index in [1.165, 1.54) is 0 Å². The maximum Gasteiger partial charge on any atom is 0.112 e. The highest BCUT2D eigenvalue weighted by atomic mass is 19.1. The minimum Gasteiger partial charge on any atom is -0.246 e. The molecule has 2 atom stereocenters. The van der Waals surface area contributed by atoms with E-state index >= 15 is 0 Å². The van der Waals surface area contributed by atoms with Crippen molar-refractivity contribution < 1.29 is 4.39 Å². The Morgan fingerprint density at radius 1 is 1.36 bits per heavy atom. The van der Waals surface area contributed by atoms with E-state index in [-0.39, 0.29) is 10.8 Å². The van der Waals surface area contributed by atoms with Crippen LogP contribution >= 0.6 is 0 Å². The molecule has 0 saturated heterocycles. The Bertz CT molecular complexity index is 160. The molecule has 0 aromatic rings. The lowest BCUT2D eigenvalue weighted by Gasteiger charge is -2.21. The molecule has 0 aromatic carbocycles. The zero-order valence-electron chi connectivity index (χ0n) is 8.24. The summed E-state index contributed by atoms with van der Waals surface area (Å²) in [5.41, 5.74) is -0.0943. The van der Waals surface area contributed by atoms with Gasteiger partial charge in [-0.25, -0.2) is 4.39 Å². The fraction of sp³-hybridized carbons (Fsp3) is 1.00. The van der Waals surface area contributed by atoms with Crippen LogP contribution in [0.2, 0.25) is 0 Å². The Balaban J connectivity index is 2.84. The Hall–Kier alpha value is -0.0700. The SMILES string of the molecule is CCC1(C(C)C)C(F)C1(C)C. The van der Waals surface area contributed by atoms with E-state index in [9.17, 15) is 4.39 Å². The summed E-state index contributed by atoms with van der Waals surface area (Å²) in [6.45, 7) is 10.4. The van der Waals surface area contributed by atoms with Crippen molar-refractivity contribution >= 4 is 0 Å². The van der Waals surface area contributed by atoms with Gasteiger partial charge in [0.05, 0.1) is 0 Å². The van der Waals surface area contributed by atoms with Gasteiger partial charge in [0.15, 0.2) is 0 Å². The first-order valence-corrected chi connectivity index (χ1v) is 4.55. The van der Waals surface area contributed by atoms with Gasteiger partial charge in [-0.3, -0.25) is 0 Å². The van der Waals surface area contributed by atoms with Crippen molar-refractivity contribution in [3.8, 4) is 0 Å². The van der Waals surface area contributed by atoms with Crippen LogP contribution in [0.25, 0.3) is 0 Å². The molecule has 1 saturated carbocycles. The Kier molecular flexibility index (Phi) is 1.81. The molecular weight excluding hydrogens is 139 g/mol. The third kappa shape index (κ3) is 0.800. The molecule has 0 aromatic heterocycles. The van der Waals surface area contributed by atoms with Gasteiger partial charge in [-0.2, -0.15) is 0 Å². The Morgan fingerprint density at radius 2 is 1.73 bits per heavy atom. The quantitative estimate of drug-likeness (QED) is 0.577. The topological polar surface area (TPSA) is 0 Å². The first kappa shape index (κ1) is 9.02. The van der Waals surface area contributed by atoms with Crippen molar-refractivity contribution in [1.29, 1.82) is 0 Å². The molecule has 1 aliphatic carbocycles. The second kappa shape index (κ2) is 2.21. The van der Waals surface area contributed by atoms with Crippen LogP contribution in [-0.4, -0.2) is 6.17 Å². The van der Waals surface area contributed by atoms with E-state index in [0.717, 1.165) is 6.42 Å². The minimum absolute atomic E-state index is 0.0208. The van der Waals surface area contributed by atoms with Crippen molar-refractivity contribution in [3.05, 3.63) is 0 Å². The number of rotatable bonds is 2. The van der Waals surface area contributed by atoms with Gasteiger partial charge in [-0.1, -0.05) is 34.6 Å². The first-order chi connectivity index (χ1) is 4.91. The zero-order valence-corrected chi connectivity index (χ0v) is 8.24. The largest absolute Gasteiger partial charge is 0.246 e. The Labute approximate surface area is 69.2 Å². The molecule has 0 N–H and O–H groups in total. The number of hydrogen-bond donors (Lipinski definition) is 0. The van der Waals surface area contributed by atoms with E-state index in [4.69, 9.17) is 0 Å². The maximum absolute atomic E-state index is 13.5. The molecule has 0 nitrogen and oxygen atoms in total. The van der Waals surface area contributed by atoms with Crippen LogP contribution in [0.5, 0.6) is 0 Å². The molecule has 1 heteroatoms. The van der Waals surface area contributed by atoms with Crippen molar-refractivity contribution in [3.63, 3.8) is 0 Å².